The average molecular weight is 405 g/mol. The largest absolute Gasteiger partial charge is 0.373 e. The summed E-state index contributed by atoms with van der Waals surface area (Å²) in [6, 6.07) is 14.5. The van der Waals surface area contributed by atoms with E-state index >= 15 is 0 Å². The first-order valence-electron chi connectivity index (χ1n) is 10.7. The van der Waals surface area contributed by atoms with Crippen molar-refractivity contribution in [2.45, 2.75) is 31.4 Å². The molecule has 1 saturated carbocycles. The van der Waals surface area contributed by atoms with Gasteiger partial charge in [-0.2, -0.15) is 0 Å². The molecule has 5 rings (SSSR count). The number of ether oxygens (including phenoxy) is 1. The molecule has 2 bridgehead atoms. The van der Waals surface area contributed by atoms with Gasteiger partial charge in [-0.15, -0.1) is 0 Å². The summed E-state index contributed by atoms with van der Waals surface area (Å²) in [5.41, 5.74) is 8.89. The van der Waals surface area contributed by atoms with E-state index in [9.17, 15) is 4.79 Å². The first-order chi connectivity index (χ1) is 14.6. The summed E-state index contributed by atoms with van der Waals surface area (Å²) in [5, 5.41) is 1.26. The summed E-state index contributed by atoms with van der Waals surface area (Å²) in [6.07, 6.45) is 5.13. The third-order valence-electron chi connectivity index (χ3n) is 7.06. The topological polar surface area (TPSA) is 84.2 Å². The van der Waals surface area contributed by atoms with Crippen LogP contribution in [0.4, 0.5) is 0 Å². The van der Waals surface area contributed by atoms with E-state index in [1.165, 1.54) is 23.0 Å². The van der Waals surface area contributed by atoms with Crippen LogP contribution in [-0.4, -0.2) is 41.0 Å². The quantitative estimate of drug-likeness (QED) is 0.682. The average Bonchev–Trinajstić information content (AvgIpc) is 3.15. The number of amides is 1. The van der Waals surface area contributed by atoms with Crippen LogP contribution >= 0.6 is 0 Å². The van der Waals surface area contributed by atoms with Gasteiger partial charge in [-0.25, -0.2) is 0 Å². The van der Waals surface area contributed by atoms with Crippen molar-refractivity contribution in [3.05, 3.63) is 65.6 Å². The van der Waals surface area contributed by atoms with E-state index in [0.29, 0.717) is 17.5 Å². The van der Waals surface area contributed by atoms with E-state index in [-0.39, 0.29) is 5.60 Å². The molecule has 3 heterocycles. The first kappa shape index (κ1) is 19.3. The Kier molecular flexibility index (Phi) is 4.83. The molecule has 3 N–H and O–H groups in total. The zero-order valence-electron chi connectivity index (χ0n) is 17.3. The zero-order valence-corrected chi connectivity index (χ0v) is 17.3. The Bertz CT molecular complexity index is 1030. The van der Waals surface area contributed by atoms with Gasteiger partial charge in [0.05, 0.1) is 0 Å². The van der Waals surface area contributed by atoms with Gasteiger partial charge in [-0.3, -0.25) is 14.7 Å². The van der Waals surface area contributed by atoms with E-state index in [2.05, 4.69) is 45.2 Å². The normalized spacial score (nSPS) is 26.7. The number of hydrogen-bond donors (Lipinski definition) is 2. The van der Waals surface area contributed by atoms with Crippen molar-refractivity contribution < 1.29 is 9.53 Å². The second-order valence-electron chi connectivity index (χ2n) is 8.69. The number of nitrogens with one attached hydrogen (secondary N) is 1. The second kappa shape index (κ2) is 7.52. The molecule has 2 fully saturated rings. The molecule has 156 valence electrons. The summed E-state index contributed by atoms with van der Waals surface area (Å²) in [4.78, 5) is 22.0. The highest BCUT2D eigenvalue weighted by Gasteiger charge is 2.53. The molecule has 1 saturated heterocycles. The van der Waals surface area contributed by atoms with Crippen molar-refractivity contribution in [1.82, 2.24) is 14.9 Å². The molecule has 2 aliphatic rings. The highest BCUT2D eigenvalue weighted by atomic mass is 16.5. The number of carbonyl (C=O) groups is 1. The number of nitrogens with two attached hydrogens (primary N) is 1. The number of piperidine rings is 1. The molecule has 1 aromatic carbocycles. The van der Waals surface area contributed by atoms with Gasteiger partial charge in [-0.1, -0.05) is 24.6 Å². The van der Waals surface area contributed by atoms with Gasteiger partial charge < -0.3 is 15.5 Å². The molecule has 3 aromatic rings. The molecule has 1 aliphatic carbocycles. The number of aromatic nitrogens is 2. The van der Waals surface area contributed by atoms with Crippen molar-refractivity contribution in [2.75, 3.05) is 20.2 Å². The molecule has 6 nitrogen and oxygen atoms in total. The Morgan fingerprint density at radius 3 is 2.70 bits per heavy atom. The number of aromatic amines is 1. The number of pyridine rings is 1. The minimum atomic E-state index is -0.496. The lowest BCUT2D eigenvalue weighted by Gasteiger charge is -2.55. The number of fused-ring (bicyclic) bond motifs is 3. The number of H-pyrrole nitrogens is 1. The molecule has 2 aromatic heterocycles. The lowest BCUT2D eigenvalue weighted by molar-refractivity contribution is -0.170. The monoisotopic (exact) mass is 404 g/mol. The molecule has 2 unspecified atom stereocenters. The maximum Gasteiger partial charge on any atom is 0.267 e. The Hall–Kier alpha value is -2.70. The van der Waals surface area contributed by atoms with Gasteiger partial charge >= 0.3 is 0 Å². The number of para-hydroxylation sites is 1. The Labute approximate surface area is 176 Å². The number of rotatable bonds is 5. The Morgan fingerprint density at radius 2 is 2.00 bits per heavy atom. The Morgan fingerprint density at radius 1 is 1.23 bits per heavy atom. The first-order valence-corrected chi connectivity index (χ1v) is 10.7. The van der Waals surface area contributed by atoms with Gasteiger partial charge in [0.2, 0.25) is 0 Å². The van der Waals surface area contributed by atoms with Crippen LogP contribution in [0.2, 0.25) is 0 Å². The van der Waals surface area contributed by atoms with Crippen LogP contribution in [0.5, 0.6) is 0 Å². The fourth-order valence-corrected chi connectivity index (χ4v) is 5.84. The molecule has 0 radical (unpaired) electrons. The summed E-state index contributed by atoms with van der Waals surface area (Å²) in [6.45, 7) is 2.84. The molecular formula is C24H28N4O2. The maximum atomic E-state index is 11.7. The van der Waals surface area contributed by atoms with Crippen LogP contribution < -0.4 is 5.73 Å². The van der Waals surface area contributed by atoms with Gasteiger partial charge in [0, 0.05) is 56.0 Å². The van der Waals surface area contributed by atoms with E-state index in [1.54, 1.807) is 6.20 Å². The highest BCUT2D eigenvalue weighted by molar-refractivity contribution is 5.90. The SMILES string of the molecule is COC1(c2ccnc(C(N)=O)c2)C2CCCC1CN(Cc1cc3ccccc3[nH]1)C2. The zero-order chi connectivity index (χ0) is 20.7. The molecular weight excluding hydrogens is 376 g/mol. The molecule has 2 atom stereocenters. The molecule has 1 amide bonds. The Balaban J connectivity index is 1.44. The number of benzene rings is 1. The number of methoxy groups -OCH3 is 1. The van der Waals surface area contributed by atoms with Gasteiger partial charge in [0.15, 0.2) is 0 Å². The third-order valence-corrected chi connectivity index (χ3v) is 7.06. The highest BCUT2D eigenvalue weighted by Crippen LogP contribution is 2.51. The van der Waals surface area contributed by atoms with E-state index in [0.717, 1.165) is 38.0 Å². The van der Waals surface area contributed by atoms with Crippen LogP contribution in [0, 0.1) is 11.8 Å². The smallest absolute Gasteiger partial charge is 0.267 e. The van der Waals surface area contributed by atoms with Crippen molar-refractivity contribution in [2.24, 2.45) is 17.6 Å². The fourth-order valence-electron chi connectivity index (χ4n) is 5.84. The van der Waals surface area contributed by atoms with Gasteiger partial charge in [0.1, 0.15) is 11.3 Å². The lowest BCUT2D eigenvalue weighted by atomic mass is 9.62. The second-order valence-corrected chi connectivity index (χ2v) is 8.69. The van der Waals surface area contributed by atoms with Gasteiger partial charge in [0.25, 0.3) is 5.91 Å². The summed E-state index contributed by atoms with van der Waals surface area (Å²) < 4.78 is 6.30. The van der Waals surface area contributed by atoms with Crippen molar-refractivity contribution >= 4 is 16.8 Å². The third kappa shape index (κ3) is 3.11. The van der Waals surface area contributed by atoms with Crippen LogP contribution in [0.1, 0.15) is 41.0 Å². The van der Waals surface area contributed by atoms with Gasteiger partial charge in [-0.05, 0) is 48.1 Å². The molecule has 30 heavy (non-hydrogen) atoms. The number of nitrogens with zero attached hydrogens (tertiary/aromatic N) is 2. The fraction of sp³-hybridized carbons (Fsp3) is 0.417. The van der Waals surface area contributed by atoms with Crippen molar-refractivity contribution in [3.8, 4) is 0 Å². The van der Waals surface area contributed by atoms with Crippen molar-refractivity contribution in [3.63, 3.8) is 0 Å². The molecule has 0 spiro atoms. The van der Waals surface area contributed by atoms with Crippen LogP contribution in [-0.2, 0) is 16.9 Å². The van der Waals surface area contributed by atoms with E-state index in [4.69, 9.17) is 10.5 Å². The minimum absolute atomic E-state index is 0.308. The molecule has 6 heteroatoms. The number of hydrogen-bond acceptors (Lipinski definition) is 4. The predicted molar refractivity (Wildman–Crippen MR) is 116 cm³/mol. The standard InChI is InChI=1S/C24H28N4O2/c1-30-24(17-9-10-26-22(12-17)23(25)29)18-6-4-7-19(24)14-28(13-18)15-20-11-16-5-2-3-8-21(16)27-20/h2-3,5,8-12,18-19,27H,4,6-7,13-15H2,1H3,(H2,25,29). The lowest BCUT2D eigenvalue weighted by Crippen LogP contribution is -2.58. The summed E-state index contributed by atoms with van der Waals surface area (Å²) in [5.74, 6) is 0.231. The van der Waals surface area contributed by atoms with Crippen LogP contribution in [0.15, 0.2) is 48.7 Å². The van der Waals surface area contributed by atoms with Crippen LogP contribution in [0.3, 0.4) is 0 Å². The summed E-state index contributed by atoms with van der Waals surface area (Å²) >= 11 is 0. The minimum Gasteiger partial charge on any atom is -0.373 e. The van der Waals surface area contributed by atoms with E-state index < -0.39 is 5.91 Å². The van der Waals surface area contributed by atoms with Crippen molar-refractivity contribution in [1.29, 1.82) is 0 Å². The van der Waals surface area contributed by atoms with E-state index in [1.807, 2.05) is 19.2 Å². The van der Waals surface area contributed by atoms with Crippen LogP contribution in [0.25, 0.3) is 10.9 Å². The summed E-state index contributed by atoms with van der Waals surface area (Å²) in [7, 11) is 1.81. The predicted octanol–water partition coefficient (Wildman–Crippen LogP) is 3.44. The maximum absolute atomic E-state index is 11.7. The number of primary amides is 1. The number of likely N-dealkylation sites (tertiary alicyclic amines) is 1. The molecule has 1 aliphatic heterocycles. The number of carbonyl (C=O) groups excluding carboxylic acids is 1.